The van der Waals surface area contributed by atoms with Gasteiger partial charge in [-0.25, -0.2) is 0 Å². The van der Waals surface area contributed by atoms with Crippen LogP contribution in [-0.2, 0) is 6.42 Å². The predicted octanol–water partition coefficient (Wildman–Crippen LogP) is 2.14. The van der Waals surface area contributed by atoms with Crippen LogP contribution in [0.2, 0.25) is 0 Å². The summed E-state index contributed by atoms with van der Waals surface area (Å²) in [5.74, 6) is 2.10. The van der Waals surface area contributed by atoms with Crippen molar-refractivity contribution in [2.24, 2.45) is 5.73 Å². The molecule has 1 saturated carbocycles. The Balaban J connectivity index is 2.37. The number of ether oxygens (including phenoxy) is 3. The quantitative estimate of drug-likeness (QED) is 0.841. The van der Waals surface area contributed by atoms with E-state index in [-0.39, 0.29) is 5.54 Å². The minimum atomic E-state index is -0.0501. The van der Waals surface area contributed by atoms with Crippen LogP contribution in [0.3, 0.4) is 0 Å². The molecule has 1 aromatic rings. The molecule has 0 saturated heterocycles. The van der Waals surface area contributed by atoms with Gasteiger partial charge in [-0.05, 0) is 32.3 Å². The molecule has 0 bridgehead atoms. The molecule has 0 radical (unpaired) electrons. The van der Waals surface area contributed by atoms with E-state index in [0.717, 1.165) is 30.6 Å². The van der Waals surface area contributed by atoms with E-state index in [4.69, 9.17) is 19.9 Å². The summed E-state index contributed by atoms with van der Waals surface area (Å²) >= 11 is 0. The maximum atomic E-state index is 6.18. The molecular weight excluding hydrogens is 230 g/mol. The van der Waals surface area contributed by atoms with Gasteiger partial charge in [-0.15, -0.1) is 0 Å². The molecule has 0 aliphatic heterocycles. The highest BCUT2D eigenvalue weighted by molar-refractivity contribution is 5.56. The van der Waals surface area contributed by atoms with E-state index in [9.17, 15) is 0 Å². The summed E-state index contributed by atoms with van der Waals surface area (Å²) in [4.78, 5) is 0. The second-order valence-electron chi connectivity index (χ2n) is 4.76. The van der Waals surface area contributed by atoms with Gasteiger partial charge in [0, 0.05) is 11.1 Å². The van der Waals surface area contributed by atoms with Crippen molar-refractivity contribution in [1.82, 2.24) is 0 Å². The van der Waals surface area contributed by atoms with E-state index in [1.165, 1.54) is 0 Å². The van der Waals surface area contributed by atoms with Gasteiger partial charge >= 0.3 is 0 Å². The Morgan fingerprint density at radius 1 is 1.17 bits per heavy atom. The van der Waals surface area contributed by atoms with Gasteiger partial charge in [0.2, 0.25) is 5.75 Å². The van der Waals surface area contributed by atoms with Crippen LogP contribution in [0.1, 0.15) is 25.3 Å². The van der Waals surface area contributed by atoms with Crippen molar-refractivity contribution in [3.63, 3.8) is 0 Å². The van der Waals surface area contributed by atoms with E-state index in [1.54, 1.807) is 14.2 Å². The number of benzene rings is 1. The average Bonchev–Trinajstić information content (AvgIpc) is 3.09. The standard InChI is InChI=1S/C14H21NO3/c1-4-18-12-10(9-14(15)7-8-14)5-6-11(16-2)13(12)17-3/h5-6H,4,7-9,15H2,1-3H3. The average molecular weight is 251 g/mol. The van der Waals surface area contributed by atoms with Gasteiger partial charge < -0.3 is 19.9 Å². The first-order valence-electron chi connectivity index (χ1n) is 6.29. The molecule has 18 heavy (non-hydrogen) atoms. The molecule has 0 amide bonds. The second-order valence-corrected chi connectivity index (χ2v) is 4.76. The van der Waals surface area contributed by atoms with Crippen molar-refractivity contribution in [2.75, 3.05) is 20.8 Å². The van der Waals surface area contributed by atoms with Gasteiger partial charge in [-0.3, -0.25) is 0 Å². The molecule has 2 N–H and O–H groups in total. The summed E-state index contributed by atoms with van der Waals surface area (Å²) < 4.78 is 16.4. The summed E-state index contributed by atoms with van der Waals surface area (Å²) in [5.41, 5.74) is 7.22. The first-order chi connectivity index (χ1) is 8.63. The zero-order chi connectivity index (χ0) is 13.2. The molecular formula is C14H21NO3. The van der Waals surface area contributed by atoms with Gasteiger partial charge in [0.25, 0.3) is 0 Å². The van der Waals surface area contributed by atoms with Crippen LogP contribution in [0.15, 0.2) is 12.1 Å². The van der Waals surface area contributed by atoms with Crippen molar-refractivity contribution in [3.05, 3.63) is 17.7 Å². The molecule has 0 atom stereocenters. The molecule has 0 spiro atoms. The molecule has 2 rings (SSSR count). The monoisotopic (exact) mass is 251 g/mol. The van der Waals surface area contributed by atoms with Crippen molar-refractivity contribution < 1.29 is 14.2 Å². The number of methoxy groups -OCH3 is 2. The lowest BCUT2D eigenvalue weighted by Crippen LogP contribution is -2.24. The van der Waals surface area contributed by atoms with Crippen molar-refractivity contribution in [2.45, 2.75) is 31.7 Å². The maximum absolute atomic E-state index is 6.18. The molecule has 0 unspecified atom stereocenters. The summed E-state index contributed by atoms with van der Waals surface area (Å²) in [6.07, 6.45) is 2.97. The van der Waals surface area contributed by atoms with Crippen molar-refractivity contribution in [3.8, 4) is 17.2 Å². The third kappa shape index (κ3) is 2.53. The van der Waals surface area contributed by atoms with E-state index in [0.29, 0.717) is 18.1 Å². The number of nitrogens with two attached hydrogens (primary N) is 1. The predicted molar refractivity (Wildman–Crippen MR) is 70.6 cm³/mol. The molecule has 100 valence electrons. The first kappa shape index (κ1) is 13.0. The van der Waals surface area contributed by atoms with Gasteiger partial charge in [0.15, 0.2) is 11.5 Å². The molecule has 0 heterocycles. The molecule has 1 aromatic carbocycles. The Labute approximate surface area is 108 Å². The first-order valence-corrected chi connectivity index (χ1v) is 6.29. The van der Waals surface area contributed by atoms with Crippen LogP contribution in [0.5, 0.6) is 17.2 Å². The molecule has 4 heteroatoms. The zero-order valence-corrected chi connectivity index (χ0v) is 11.3. The SMILES string of the molecule is CCOc1c(CC2(N)CC2)ccc(OC)c1OC. The van der Waals surface area contributed by atoms with Crippen LogP contribution >= 0.6 is 0 Å². The smallest absolute Gasteiger partial charge is 0.203 e. The summed E-state index contributed by atoms with van der Waals surface area (Å²) in [6, 6.07) is 3.92. The number of rotatable bonds is 6. The summed E-state index contributed by atoms with van der Waals surface area (Å²) in [5, 5.41) is 0. The van der Waals surface area contributed by atoms with E-state index in [2.05, 4.69) is 0 Å². The zero-order valence-electron chi connectivity index (χ0n) is 11.3. The van der Waals surface area contributed by atoms with Crippen LogP contribution in [0.4, 0.5) is 0 Å². The van der Waals surface area contributed by atoms with Gasteiger partial charge in [0.05, 0.1) is 20.8 Å². The Morgan fingerprint density at radius 2 is 1.89 bits per heavy atom. The van der Waals surface area contributed by atoms with Crippen LogP contribution in [0.25, 0.3) is 0 Å². The van der Waals surface area contributed by atoms with Gasteiger partial charge in [-0.1, -0.05) is 6.07 Å². The van der Waals surface area contributed by atoms with Crippen LogP contribution in [-0.4, -0.2) is 26.4 Å². The van der Waals surface area contributed by atoms with E-state index < -0.39 is 0 Å². The maximum Gasteiger partial charge on any atom is 0.203 e. The molecule has 1 aliphatic rings. The third-order valence-electron chi connectivity index (χ3n) is 3.31. The highest BCUT2D eigenvalue weighted by Crippen LogP contribution is 2.44. The number of hydrogen-bond donors (Lipinski definition) is 1. The summed E-state index contributed by atoms with van der Waals surface area (Å²) in [7, 11) is 3.25. The second kappa shape index (κ2) is 5.06. The van der Waals surface area contributed by atoms with Crippen LogP contribution < -0.4 is 19.9 Å². The van der Waals surface area contributed by atoms with E-state index in [1.807, 2.05) is 19.1 Å². The molecule has 1 aliphatic carbocycles. The largest absolute Gasteiger partial charge is 0.493 e. The minimum absolute atomic E-state index is 0.0501. The Bertz CT molecular complexity index is 427. The summed E-state index contributed by atoms with van der Waals surface area (Å²) in [6.45, 7) is 2.55. The number of hydrogen-bond acceptors (Lipinski definition) is 4. The Hall–Kier alpha value is -1.42. The van der Waals surface area contributed by atoms with Crippen molar-refractivity contribution in [1.29, 1.82) is 0 Å². The van der Waals surface area contributed by atoms with Gasteiger partial charge in [0.1, 0.15) is 0 Å². The Morgan fingerprint density at radius 3 is 2.39 bits per heavy atom. The van der Waals surface area contributed by atoms with Crippen molar-refractivity contribution >= 4 is 0 Å². The van der Waals surface area contributed by atoms with Gasteiger partial charge in [-0.2, -0.15) is 0 Å². The highest BCUT2D eigenvalue weighted by atomic mass is 16.5. The lowest BCUT2D eigenvalue weighted by molar-refractivity contribution is 0.293. The molecule has 0 aromatic heterocycles. The topological polar surface area (TPSA) is 53.7 Å². The lowest BCUT2D eigenvalue weighted by atomic mass is 10.0. The van der Waals surface area contributed by atoms with E-state index >= 15 is 0 Å². The lowest BCUT2D eigenvalue weighted by Gasteiger charge is -2.18. The van der Waals surface area contributed by atoms with Crippen LogP contribution in [0, 0.1) is 0 Å². The fraction of sp³-hybridized carbons (Fsp3) is 0.571. The molecule has 4 nitrogen and oxygen atoms in total. The third-order valence-corrected chi connectivity index (χ3v) is 3.31. The molecule has 1 fully saturated rings. The normalized spacial score (nSPS) is 16.2. The fourth-order valence-electron chi connectivity index (χ4n) is 2.10. The fourth-order valence-corrected chi connectivity index (χ4v) is 2.10. The minimum Gasteiger partial charge on any atom is -0.493 e. The highest BCUT2D eigenvalue weighted by Gasteiger charge is 2.39. The Kier molecular flexibility index (Phi) is 3.66.